The van der Waals surface area contributed by atoms with E-state index in [2.05, 4.69) is 0 Å². The first kappa shape index (κ1) is 10.4. The highest BCUT2D eigenvalue weighted by molar-refractivity contribution is 5.36. The second-order valence-corrected chi connectivity index (χ2v) is 2.79. The van der Waals surface area contributed by atoms with Crippen LogP contribution >= 0.6 is 0 Å². The summed E-state index contributed by atoms with van der Waals surface area (Å²) in [6, 6.07) is 2.17. The molecular weight excluding hydrogens is 190 g/mol. The summed E-state index contributed by atoms with van der Waals surface area (Å²) in [6.07, 6.45) is -0.143. The Bertz CT molecular complexity index is 364. The van der Waals surface area contributed by atoms with E-state index in [0.717, 1.165) is 6.07 Å². The number of hydrogen-bond acceptors (Lipinski definition) is 3. The lowest BCUT2D eigenvalue weighted by molar-refractivity contribution is 0.441. The van der Waals surface area contributed by atoms with Gasteiger partial charge in [0.15, 0.2) is 0 Å². The molecule has 1 atom stereocenters. The number of hydrogen-bond donors (Lipinski definition) is 2. The molecule has 3 N–H and O–H groups in total. The van der Waals surface area contributed by atoms with Crippen LogP contribution in [0.2, 0.25) is 0 Å². The summed E-state index contributed by atoms with van der Waals surface area (Å²) in [5.74, 6) is -2.39. The van der Waals surface area contributed by atoms with Crippen molar-refractivity contribution in [1.29, 1.82) is 5.26 Å². The number of nitriles is 1. The number of nitrogens with two attached hydrogens (primary N) is 1. The van der Waals surface area contributed by atoms with Gasteiger partial charge < -0.3 is 10.8 Å². The highest BCUT2D eigenvalue weighted by Gasteiger charge is 2.17. The summed E-state index contributed by atoms with van der Waals surface area (Å²) < 4.78 is 25.6. The lowest BCUT2D eigenvalue weighted by atomic mass is 10.0. The van der Waals surface area contributed by atoms with Crippen LogP contribution in [0.5, 0.6) is 5.75 Å². The van der Waals surface area contributed by atoms with Gasteiger partial charge in [-0.2, -0.15) is 5.26 Å². The summed E-state index contributed by atoms with van der Waals surface area (Å²) in [4.78, 5) is 0. The fraction of sp³-hybridized carbons (Fsp3) is 0.222. The number of benzene rings is 1. The van der Waals surface area contributed by atoms with Gasteiger partial charge in [-0.05, 0) is 0 Å². The van der Waals surface area contributed by atoms with Crippen LogP contribution in [-0.4, -0.2) is 5.11 Å². The molecule has 3 nitrogen and oxygen atoms in total. The molecule has 74 valence electrons. The van der Waals surface area contributed by atoms with E-state index in [4.69, 9.17) is 11.0 Å². The van der Waals surface area contributed by atoms with Crippen LogP contribution in [0.15, 0.2) is 12.1 Å². The minimum Gasteiger partial charge on any atom is -0.507 e. The number of aromatic hydroxyl groups is 1. The largest absolute Gasteiger partial charge is 0.507 e. The Balaban J connectivity index is 3.15. The minimum absolute atomic E-state index is 0.143. The predicted molar refractivity (Wildman–Crippen MR) is 45.2 cm³/mol. The minimum atomic E-state index is -0.944. The Morgan fingerprint density at radius 1 is 1.50 bits per heavy atom. The molecule has 1 aromatic carbocycles. The zero-order chi connectivity index (χ0) is 10.7. The average Bonchev–Trinajstić information content (AvgIpc) is 2.01. The summed E-state index contributed by atoms with van der Waals surface area (Å²) in [6.45, 7) is 0. The molecule has 0 heterocycles. The first-order valence-corrected chi connectivity index (χ1v) is 3.86. The zero-order valence-electron chi connectivity index (χ0n) is 7.17. The normalized spacial score (nSPS) is 12.1. The molecule has 0 aliphatic carbocycles. The predicted octanol–water partition coefficient (Wildman–Crippen LogP) is 1.58. The molecule has 0 unspecified atom stereocenters. The first-order valence-electron chi connectivity index (χ1n) is 3.86. The molecule has 14 heavy (non-hydrogen) atoms. The lowest BCUT2D eigenvalue weighted by Crippen LogP contribution is -2.11. The Hall–Kier alpha value is -1.67. The number of halogens is 2. The summed E-state index contributed by atoms with van der Waals surface area (Å²) in [7, 11) is 0. The van der Waals surface area contributed by atoms with Crippen LogP contribution in [0.25, 0.3) is 0 Å². The van der Waals surface area contributed by atoms with Crippen molar-refractivity contribution in [3.8, 4) is 11.8 Å². The van der Waals surface area contributed by atoms with E-state index >= 15 is 0 Å². The molecule has 0 radical (unpaired) electrons. The van der Waals surface area contributed by atoms with Gasteiger partial charge >= 0.3 is 0 Å². The maximum absolute atomic E-state index is 13.1. The van der Waals surface area contributed by atoms with Crippen LogP contribution in [0.3, 0.4) is 0 Å². The SMILES string of the molecule is N#CC[C@@H](N)c1c(O)cc(F)cc1F. The van der Waals surface area contributed by atoms with Gasteiger partial charge in [-0.25, -0.2) is 8.78 Å². The second kappa shape index (κ2) is 4.03. The van der Waals surface area contributed by atoms with Gasteiger partial charge in [-0.3, -0.25) is 0 Å². The van der Waals surface area contributed by atoms with Crippen LogP contribution in [0, 0.1) is 23.0 Å². The molecule has 0 aliphatic heterocycles. The third-order valence-corrected chi connectivity index (χ3v) is 1.75. The van der Waals surface area contributed by atoms with Gasteiger partial charge in [0.2, 0.25) is 0 Å². The van der Waals surface area contributed by atoms with E-state index in [1.165, 1.54) is 0 Å². The molecule has 0 aliphatic rings. The first-order chi connectivity index (χ1) is 6.56. The van der Waals surface area contributed by atoms with E-state index in [0.29, 0.717) is 6.07 Å². The standard InChI is InChI=1S/C9H8F2N2O/c10-5-3-6(11)9(8(14)4-5)7(13)1-2-12/h3-4,7,14H,1,13H2/t7-/m1/s1. The molecule has 1 rings (SSSR count). The van der Waals surface area contributed by atoms with Crippen molar-refractivity contribution in [1.82, 2.24) is 0 Å². The van der Waals surface area contributed by atoms with Crippen molar-refractivity contribution in [3.05, 3.63) is 29.3 Å². The number of rotatable bonds is 2. The highest BCUT2D eigenvalue weighted by Crippen LogP contribution is 2.28. The maximum atomic E-state index is 13.1. The van der Waals surface area contributed by atoms with Gasteiger partial charge in [-0.1, -0.05) is 0 Å². The number of phenolic OH excluding ortho intramolecular Hbond substituents is 1. The smallest absolute Gasteiger partial charge is 0.134 e. The average molecular weight is 198 g/mol. The van der Waals surface area contributed by atoms with Gasteiger partial charge in [0, 0.05) is 23.7 Å². The fourth-order valence-corrected chi connectivity index (χ4v) is 1.14. The fourth-order valence-electron chi connectivity index (χ4n) is 1.14. The van der Waals surface area contributed by atoms with E-state index < -0.39 is 23.4 Å². The summed E-state index contributed by atoms with van der Waals surface area (Å²) in [5, 5.41) is 17.5. The Kier molecular flexibility index (Phi) is 2.99. The van der Waals surface area contributed by atoms with Gasteiger partial charge in [0.25, 0.3) is 0 Å². The summed E-state index contributed by atoms with van der Waals surface area (Å²) >= 11 is 0. The Morgan fingerprint density at radius 2 is 2.14 bits per heavy atom. The van der Waals surface area contributed by atoms with Crippen LogP contribution in [0.4, 0.5) is 8.78 Å². The van der Waals surface area contributed by atoms with Crippen molar-refractivity contribution in [2.75, 3.05) is 0 Å². The van der Waals surface area contributed by atoms with Gasteiger partial charge in [-0.15, -0.1) is 0 Å². The van der Waals surface area contributed by atoms with E-state index in [1.807, 2.05) is 0 Å². The second-order valence-electron chi connectivity index (χ2n) is 2.79. The summed E-state index contributed by atoms with van der Waals surface area (Å²) in [5.41, 5.74) is 5.18. The maximum Gasteiger partial charge on any atom is 0.134 e. The zero-order valence-corrected chi connectivity index (χ0v) is 7.17. The van der Waals surface area contributed by atoms with Crippen LogP contribution < -0.4 is 5.73 Å². The van der Waals surface area contributed by atoms with Crippen LogP contribution in [-0.2, 0) is 0 Å². The molecule has 0 bridgehead atoms. The van der Waals surface area contributed by atoms with E-state index in [-0.39, 0.29) is 12.0 Å². The lowest BCUT2D eigenvalue weighted by Gasteiger charge is -2.11. The molecule has 0 aromatic heterocycles. The molecule has 1 aromatic rings. The van der Waals surface area contributed by atoms with Crippen molar-refractivity contribution in [2.24, 2.45) is 5.73 Å². The van der Waals surface area contributed by atoms with Gasteiger partial charge in [0.1, 0.15) is 17.4 Å². The molecule has 0 fully saturated rings. The van der Waals surface area contributed by atoms with Crippen molar-refractivity contribution in [3.63, 3.8) is 0 Å². The molecular formula is C9H8F2N2O. The molecule has 5 heteroatoms. The molecule has 0 spiro atoms. The van der Waals surface area contributed by atoms with Crippen LogP contribution in [0.1, 0.15) is 18.0 Å². The quantitative estimate of drug-likeness (QED) is 0.757. The third kappa shape index (κ3) is 1.98. The van der Waals surface area contributed by atoms with Crippen molar-refractivity contribution >= 4 is 0 Å². The van der Waals surface area contributed by atoms with E-state index in [9.17, 15) is 13.9 Å². The van der Waals surface area contributed by atoms with Crippen molar-refractivity contribution in [2.45, 2.75) is 12.5 Å². The monoisotopic (exact) mass is 198 g/mol. The molecule has 0 saturated heterocycles. The van der Waals surface area contributed by atoms with Crippen molar-refractivity contribution < 1.29 is 13.9 Å². The highest BCUT2D eigenvalue weighted by atomic mass is 19.1. The molecule has 0 amide bonds. The van der Waals surface area contributed by atoms with Gasteiger partial charge in [0.05, 0.1) is 12.5 Å². The number of phenols is 1. The Morgan fingerprint density at radius 3 is 2.64 bits per heavy atom. The van der Waals surface area contributed by atoms with E-state index in [1.54, 1.807) is 6.07 Å². The number of nitrogens with zero attached hydrogens (tertiary/aromatic N) is 1. The third-order valence-electron chi connectivity index (χ3n) is 1.75. The topological polar surface area (TPSA) is 70.0 Å². The Labute approximate surface area is 79.4 Å². The molecule has 0 saturated carbocycles.